The second-order valence-electron chi connectivity index (χ2n) is 6.12. The van der Waals surface area contributed by atoms with Crippen molar-refractivity contribution >= 4 is 15.7 Å². The Morgan fingerprint density at radius 1 is 1.17 bits per heavy atom. The quantitative estimate of drug-likeness (QED) is 0.925. The van der Waals surface area contributed by atoms with E-state index in [1.807, 2.05) is 24.3 Å². The molecule has 2 aromatic carbocycles. The molecule has 0 aliphatic carbocycles. The van der Waals surface area contributed by atoms with Crippen molar-refractivity contribution < 1.29 is 13.2 Å². The Bertz CT molecular complexity index is 821. The summed E-state index contributed by atoms with van der Waals surface area (Å²) in [6.45, 7) is 4.18. The van der Waals surface area contributed by atoms with Gasteiger partial charge in [-0.05, 0) is 43.3 Å². The van der Waals surface area contributed by atoms with Gasteiger partial charge in [0.1, 0.15) is 0 Å². The van der Waals surface area contributed by atoms with Crippen LogP contribution in [0.1, 0.15) is 17.2 Å². The summed E-state index contributed by atoms with van der Waals surface area (Å²) in [4.78, 5) is 2.50. The molecule has 1 unspecified atom stereocenters. The van der Waals surface area contributed by atoms with Gasteiger partial charge < -0.3 is 9.64 Å². The Labute approximate surface area is 143 Å². The zero-order valence-electron chi connectivity index (χ0n) is 13.9. The van der Waals surface area contributed by atoms with E-state index in [0.717, 1.165) is 24.2 Å². The lowest BCUT2D eigenvalue weighted by Crippen LogP contribution is -2.35. The summed E-state index contributed by atoms with van der Waals surface area (Å²) in [5.74, 6) is 0. The van der Waals surface area contributed by atoms with Gasteiger partial charge in [0.15, 0.2) is 0 Å². The molecule has 1 fully saturated rings. The van der Waals surface area contributed by atoms with Gasteiger partial charge in [-0.3, -0.25) is 4.72 Å². The molecule has 128 valence electrons. The van der Waals surface area contributed by atoms with Crippen molar-refractivity contribution in [1.29, 1.82) is 0 Å². The van der Waals surface area contributed by atoms with Gasteiger partial charge in [-0.1, -0.05) is 30.3 Å². The average Bonchev–Trinajstić information content (AvgIpc) is 2.55. The molecule has 0 spiro atoms. The van der Waals surface area contributed by atoms with Crippen molar-refractivity contribution in [2.45, 2.75) is 17.9 Å². The number of sulfonamides is 1. The van der Waals surface area contributed by atoms with Gasteiger partial charge in [-0.25, -0.2) is 8.42 Å². The van der Waals surface area contributed by atoms with Gasteiger partial charge in [-0.15, -0.1) is 0 Å². The van der Waals surface area contributed by atoms with Crippen LogP contribution < -0.4 is 4.72 Å². The predicted octanol–water partition coefficient (Wildman–Crippen LogP) is 2.80. The molecule has 1 aliphatic rings. The SMILES string of the molecule is Cc1ccccc1S(=O)(=O)Nc1cccc(C2CN(C)CCO2)c1. The van der Waals surface area contributed by atoms with Crippen LogP contribution in [0.5, 0.6) is 0 Å². The number of likely N-dealkylation sites (N-methyl/N-ethyl adjacent to an activating group) is 1. The monoisotopic (exact) mass is 346 g/mol. The van der Waals surface area contributed by atoms with E-state index < -0.39 is 10.0 Å². The van der Waals surface area contributed by atoms with Crippen LogP contribution in [0.25, 0.3) is 0 Å². The minimum absolute atomic E-state index is 0.0355. The lowest BCUT2D eigenvalue weighted by Gasteiger charge is -2.30. The Morgan fingerprint density at radius 2 is 1.96 bits per heavy atom. The summed E-state index contributed by atoms with van der Waals surface area (Å²) in [5, 5.41) is 0. The van der Waals surface area contributed by atoms with Crippen molar-refractivity contribution in [2.75, 3.05) is 31.5 Å². The zero-order chi connectivity index (χ0) is 17.2. The molecule has 2 aromatic rings. The maximum atomic E-state index is 12.6. The number of rotatable bonds is 4. The lowest BCUT2D eigenvalue weighted by atomic mass is 10.1. The van der Waals surface area contributed by atoms with Crippen LogP contribution in [0.2, 0.25) is 0 Å². The molecule has 0 aromatic heterocycles. The van der Waals surface area contributed by atoms with Crippen molar-refractivity contribution in [2.24, 2.45) is 0 Å². The van der Waals surface area contributed by atoms with Crippen LogP contribution in [0.3, 0.4) is 0 Å². The zero-order valence-corrected chi connectivity index (χ0v) is 14.7. The Hall–Kier alpha value is -1.89. The molecule has 5 nitrogen and oxygen atoms in total. The van der Waals surface area contributed by atoms with E-state index in [1.165, 1.54) is 0 Å². The van der Waals surface area contributed by atoms with Gasteiger partial charge in [0.05, 0.1) is 17.6 Å². The molecular formula is C18H22N2O3S. The normalized spacial score (nSPS) is 19.2. The number of ether oxygens (including phenoxy) is 1. The minimum atomic E-state index is -3.60. The standard InChI is InChI=1S/C18H22N2O3S/c1-14-6-3-4-9-18(14)24(21,22)19-16-8-5-7-15(12-16)17-13-20(2)10-11-23-17/h3-9,12,17,19H,10-11,13H2,1-2H3. The van der Waals surface area contributed by atoms with Gasteiger partial charge in [0, 0.05) is 18.8 Å². The Balaban J connectivity index is 1.83. The van der Waals surface area contributed by atoms with Gasteiger partial charge in [0.25, 0.3) is 10.0 Å². The largest absolute Gasteiger partial charge is 0.371 e. The number of hydrogen-bond donors (Lipinski definition) is 1. The summed E-state index contributed by atoms with van der Waals surface area (Å²) in [5.41, 5.74) is 2.25. The third kappa shape index (κ3) is 3.77. The minimum Gasteiger partial charge on any atom is -0.371 e. The first-order chi connectivity index (χ1) is 11.5. The van der Waals surface area contributed by atoms with Crippen molar-refractivity contribution in [3.8, 4) is 0 Å². The van der Waals surface area contributed by atoms with E-state index in [9.17, 15) is 8.42 Å². The first-order valence-electron chi connectivity index (χ1n) is 7.94. The molecular weight excluding hydrogens is 324 g/mol. The molecule has 1 aliphatic heterocycles. The van der Waals surface area contributed by atoms with Crippen molar-refractivity contribution in [3.63, 3.8) is 0 Å². The highest BCUT2D eigenvalue weighted by Gasteiger charge is 2.21. The van der Waals surface area contributed by atoms with E-state index in [4.69, 9.17) is 4.74 Å². The summed E-state index contributed by atoms with van der Waals surface area (Å²) >= 11 is 0. The van der Waals surface area contributed by atoms with E-state index in [0.29, 0.717) is 17.2 Å². The number of aryl methyl sites for hydroxylation is 1. The second kappa shape index (κ2) is 6.93. The number of anilines is 1. The first-order valence-corrected chi connectivity index (χ1v) is 9.42. The molecule has 3 rings (SSSR count). The Morgan fingerprint density at radius 3 is 2.71 bits per heavy atom. The first kappa shape index (κ1) is 17.0. The third-order valence-corrected chi connectivity index (χ3v) is 5.70. The van der Waals surface area contributed by atoms with Crippen LogP contribution in [0.4, 0.5) is 5.69 Å². The average molecular weight is 346 g/mol. The molecule has 1 atom stereocenters. The third-order valence-electron chi connectivity index (χ3n) is 4.16. The fourth-order valence-electron chi connectivity index (χ4n) is 2.85. The molecule has 0 radical (unpaired) electrons. The highest BCUT2D eigenvalue weighted by Crippen LogP contribution is 2.25. The van der Waals surface area contributed by atoms with E-state index >= 15 is 0 Å². The van der Waals surface area contributed by atoms with Crippen LogP contribution in [0.15, 0.2) is 53.4 Å². The summed E-state index contributed by atoms with van der Waals surface area (Å²) in [6, 6.07) is 14.4. The van der Waals surface area contributed by atoms with Gasteiger partial charge >= 0.3 is 0 Å². The molecule has 0 saturated carbocycles. The molecule has 0 bridgehead atoms. The van der Waals surface area contributed by atoms with E-state index in [-0.39, 0.29) is 6.10 Å². The number of morpholine rings is 1. The van der Waals surface area contributed by atoms with E-state index in [1.54, 1.807) is 31.2 Å². The van der Waals surface area contributed by atoms with Gasteiger partial charge in [-0.2, -0.15) is 0 Å². The molecule has 1 saturated heterocycles. The fourth-order valence-corrected chi connectivity index (χ4v) is 4.15. The van der Waals surface area contributed by atoms with Gasteiger partial charge in [0.2, 0.25) is 0 Å². The topological polar surface area (TPSA) is 58.6 Å². The Kier molecular flexibility index (Phi) is 4.89. The van der Waals surface area contributed by atoms with Crippen LogP contribution in [-0.2, 0) is 14.8 Å². The highest BCUT2D eigenvalue weighted by molar-refractivity contribution is 7.92. The molecule has 1 N–H and O–H groups in total. The van der Waals surface area contributed by atoms with Crippen LogP contribution in [0, 0.1) is 6.92 Å². The summed E-state index contributed by atoms with van der Waals surface area (Å²) < 4.78 is 33.7. The lowest BCUT2D eigenvalue weighted by molar-refractivity contribution is -0.0208. The molecule has 1 heterocycles. The van der Waals surface area contributed by atoms with Crippen molar-refractivity contribution in [3.05, 3.63) is 59.7 Å². The fraction of sp³-hybridized carbons (Fsp3) is 0.333. The summed E-state index contributed by atoms with van der Waals surface area (Å²) in [6.07, 6.45) is -0.0355. The second-order valence-corrected chi connectivity index (χ2v) is 7.77. The number of nitrogens with one attached hydrogen (secondary N) is 1. The smallest absolute Gasteiger partial charge is 0.262 e. The maximum Gasteiger partial charge on any atom is 0.262 e. The van der Waals surface area contributed by atoms with Crippen LogP contribution in [-0.4, -0.2) is 40.1 Å². The van der Waals surface area contributed by atoms with Crippen molar-refractivity contribution in [1.82, 2.24) is 4.90 Å². The predicted molar refractivity (Wildman–Crippen MR) is 94.6 cm³/mol. The highest BCUT2D eigenvalue weighted by atomic mass is 32.2. The number of nitrogens with zero attached hydrogens (tertiary/aromatic N) is 1. The number of benzene rings is 2. The van der Waals surface area contributed by atoms with E-state index in [2.05, 4.69) is 16.7 Å². The van der Waals surface area contributed by atoms with Crippen LogP contribution >= 0.6 is 0 Å². The molecule has 6 heteroatoms. The maximum absolute atomic E-state index is 12.6. The number of hydrogen-bond acceptors (Lipinski definition) is 4. The molecule has 24 heavy (non-hydrogen) atoms. The summed E-state index contributed by atoms with van der Waals surface area (Å²) in [7, 11) is -1.55. The molecule has 0 amide bonds.